The maximum atomic E-state index is 12.5. The molecule has 0 aliphatic carbocycles. The average molecular weight is 904 g/mol. The molecular formula is C52H45N11O5. The van der Waals surface area contributed by atoms with Crippen LogP contribution in [0.3, 0.4) is 0 Å². The first kappa shape index (κ1) is 44.2. The third kappa shape index (κ3) is 11.1. The fourth-order valence-electron chi connectivity index (χ4n) is 7.38. The van der Waals surface area contributed by atoms with Crippen molar-refractivity contribution in [3.8, 4) is 45.8 Å². The summed E-state index contributed by atoms with van der Waals surface area (Å²) in [5.74, 6) is 3.73. The molecule has 0 radical (unpaired) electrons. The molecule has 0 atom stereocenters. The molecule has 68 heavy (non-hydrogen) atoms. The van der Waals surface area contributed by atoms with Gasteiger partial charge in [0.15, 0.2) is 0 Å². The minimum atomic E-state index is -0.0596. The number of benzene rings is 6. The number of nitrogens with one attached hydrogen (secondary N) is 2. The number of carbonyl (C=O) groups is 1. The summed E-state index contributed by atoms with van der Waals surface area (Å²) in [6.07, 6.45) is 0. The molecule has 338 valence electrons. The topological polar surface area (TPSA) is 192 Å². The van der Waals surface area contributed by atoms with E-state index in [-0.39, 0.29) is 5.91 Å². The fraction of sp³-hybridized carbons (Fsp3) is 0.135. The summed E-state index contributed by atoms with van der Waals surface area (Å²) in [5, 5.41) is 30.3. The number of anilines is 1. The fourth-order valence-corrected chi connectivity index (χ4v) is 7.38. The van der Waals surface area contributed by atoms with E-state index in [9.17, 15) is 4.79 Å². The summed E-state index contributed by atoms with van der Waals surface area (Å²) < 4.78 is 23.6. The Morgan fingerprint density at radius 1 is 0.574 bits per heavy atom. The third-order valence-corrected chi connectivity index (χ3v) is 10.8. The summed E-state index contributed by atoms with van der Waals surface area (Å²) in [4.78, 5) is 23.5. The number of pyridine rings is 2. The number of amides is 1. The molecule has 10 rings (SSSR count). The monoisotopic (exact) mass is 903 g/mol. The van der Waals surface area contributed by atoms with Crippen LogP contribution in [-0.4, -0.2) is 64.2 Å². The number of fused-ring (bicyclic) bond motifs is 2. The van der Waals surface area contributed by atoms with Crippen LogP contribution in [-0.2, 0) is 31.2 Å². The highest BCUT2D eigenvalue weighted by atomic mass is 16.5. The van der Waals surface area contributed by atoms with Crippen molar-refractivity contribution in [3.63, 3.8) is 0 Å². The normalized spacial score (nSPS) is 10.9. The van der Waals surface area contributed by atoms with Gasteiger partial charge < -0.3 is 23.8 Å². The summed E-state index contributed by atoms with van der Waals surface area (Å²) in [6, 6.07) is 50.9. The Morgan fingerprint density at radius 2 is 1.18 bits per heavy atom. The number of hydrogen-bond donors (Lipinski definition) is 2. The van der Waals surface area contributed by atoms with E-state index in [1.807, 2.05) is 159 Å². The minimum absolute atomic E-state index is 0.0596. The van der Waals surface area contributed by atoms with Gasteiger partial charge in [0.05, 0.1) is 41.6 Å². The number of H-pyrrole nitrogens is 2. The van der Waals surface area contributed by atoms with Gasteiger partial charge in [-0.2, -0.15) is 10.4 Å². The number of para-hydroxylation sites is 2. The van der Waals surface area contributed by atoms with Crippen LogP contribution in [0.25, 0.3) is 44.6 Å². The van der Waals surface area contributed by atoms with Crippen LogP contribution in [0.4, 0.5) is 5.69 Å². The molecule has 0 spiro atoms. The first-order valence-corrected chi connectivity index (χ1v) is 21.6. The van der Waals surface area contributed by atoms with Gasteiger partial charge in [0, 0.05) is 41.1 Å². The van der Waals surface area contributed by atoms with Crippen molar-refractivity contribution < 1.29 is 23.7 Å². The lowest BCUT2D eigenvalue weighted by molar-refractivity contribution is -0.116. The number of nitrogens with zero attached hydrogens (tertiary/aromatic N) is 9. The van der Waals surface area contributed by atoms with Gasteiger partial charge in [0.1, 0.15) is 42.8 Å². The molecule has 4 heterocycles. The molecule has 0 fully saturated rings. The molecular weight excluding hydrogens is 859 g/mol. The third-order valence-electron chi connectivity index (χ3n) is 10.8. The lowest BCUT2D eigenvalue weighted by atomic mass is 10.1. The summed E-state index contributed by atoms with van der Waals surface area (Å²) in [7, 11) is 1.61. The highest BCUT2D eigenvalue weighted by Crippen LogP contribution is 2.30. The molecule has 0 aliphatic rings. The first-order valence-electron chi connectivity index (χ1n) is 21.6. The van der Waals surface area contributed by atoms with Crippen LogP contribution in [0, 0.1) is 6.92 Å². The van der Waals surface area contributed by atoms with E-state index in [1.54, 1.807) is 18.9 Å². The molecule has 6 aromatic carbocycles. The van der Waals surface area contributed by atoms with Gasteiger partial charge in [-0.15, -0.1) is 20.4 Å². The van der Waals surface area contributed by atoms with Crippen molar-refractivity contribution in [2.24, 2.45) is 0 Å². The average Bonchev–Trinajstić information content (AvgIpc) is 4.13. The van der Waals surface area contributed by atoms with E-state index in [0.29, 0.717) is 49.5 Å². The van der Waals surface area contributed by atoms with E-state index >= 15 is 0 Å². The van der Waals surface area contributed by atoms with Gasteiger partial charge in [-0.3, -0.25) is 4.79 Å². The molecule has 1 amide bonds. The Hall–Kier alpha value is -9.05. The van der Waals surface area contributed by atoms with Gasteiger partial charge in [-0.25, -0.2) is 9.97 Å². The highest BCUT2D eigenvalue weighted by Gasteiger charge is 2.15. The summed E-state index contributed by atoms with van der Waals surface area (Å²) in [5.41, 5.74) is 8.96. The van der Waals surface area contributed by atoms with Gasteiger partial charge in [0.25, 0.3) is 0 Å². The van der Waals surface area contributed by atoms with Crippen molar-refractivity contribution in [1.82, 2.24) is 51.2 Å². The van der Waals surface area contributed by atoms with Crippen LogP contribution in [0.15, 0.2) is 158 Å². The molecule has 0 unspecified atom stereocenters. The second kappa shape index (κ2) is 20.8. The smallest absolute Gasteiger partial charge is 0.224 e. The van der Waals surface area contributed by atoms with Crippen LogP contribution in [0.2, 0.25) is 0 Å². The zero-order valence-corrected chi connectivity index (χ0v) is 37.4. The number of methoxy groups -OCH3 is 1. The van der Waals surface area contributed by atoms with Crippen molar-refractivity contribution in [3.05, 3.63) is 186 Å². The number of carbonyl (C=O) groups excluding carboxylic acids is 1. The number of aromatic nitrogens is 10. The predicted octanol–water partition coefficient (Wildman–Crippen LogP) is 9.44. The second-order valence-electron chi connectivity index (χ2n) is 15.6. The van der Waals surface area contributed by atoms with E-state index in [1.165, 1.54) is 0 Å². The van der Waals surface area contributed by atoms with Gasteiger partial charge in [0.2, 0.25) is 17.6 Å². The maximum absolute atomic E-state index is 12.5. The van der Waals surface area contributed by atoms with Crippen molar-refractivity contribution in [2.75, 3.05) is 12.0 Å². The van der Waals surface area contributed by atoms with E-state index in [2.05, 4.69) is 57.3 Å². The van der Waals surface area contributed by atoms with Gasteiger partial charge in [-0.1, -0.05) is 84.9 Å². The zero-order valence-electron chi connectivity index (χ0n) is 37.4. The lowest BCUT2D eigenvalue weighted by Gasteiger charge is -2.22. The number of rotatable bonds is 15. The highest BCUT2D eigenvalue weighted by molar-refractivity contribution is 5.91. The van der Waals surface area contributed by atoms with E-state index in [0.717, 1.165) is 78.2 Å². The quantitative estimate of drug-likeness (QED) is 0.0990. The molecule has 0 saturated carbocycles. The van der Waals surface area contributed by atoms with E-state index < -0.39 is 0 Å². The number of aryl methyl sites for hydroxylation is 1. The van der Waals surface area contributed by atoms with E-state index in [4.69, 9.17) is 18.9 Å². The minimum Gasteiger partial charge on any atom is -0.496 e. The molecule has 2 N–H and O–H groups in total. The van der Waals surface area contributed by atoms with Crippen LogP contribution >= 0.6 is 0 Å². The van der Waals surface area contributed by atoms with Crippen LogP contribution in [0.5, 0.6) is 23.0 Å². The molecule has 10 aromatic rings. The van der Waals surface area contributed by atoms with Crippen LogP contribution in [0.1, 0.15) is 35.0 Å². The van der Waals surface area contributed by atoms with Crippen molar-refractivity contribution in [2.45, 2.75) is 40.2 Å². The zero-order chi connectivity index (χ0) is 46.7. The molecule has 0 aliphatic heterocycles. The molecule has 16 nitrogen and oxygen atoms in total. The number of hydrogen-bond acceptors (Lipinski definition) is 13. The second-order valence-corrected chi connectivity index (χ2v) is 15.6. The van der Waals surface area contributed by atoms with Crippen molar-refractivity contribution >= 4 is 33.4 Å². The molecule has 16 heteroatoms. The summed E-state index contributed by atoms with van der Waals surface area (Å²) in [6.45, 7) is 5.08. The lowest BCUT2D eigenvalue weighted by Crippen LogP contribution is -2.27. The Bertz CT molecular complexity index is 3280. The standard InChI is InChI=1S/C26H22N6O2.C26H23N5O3/c1-18(33)32(16-19-9-11-21(12-10-19)26-28-30-31-29-26)23-6-4-7-24(15-23)34-17-22-14-13-20-5-2-3-8-25(20)27-22;1-17-11-21(33-15-18-7-10-23(25(13-18)32-2)26-28-30-31-29-26)14-22(12-17)34-16-20-9-8-19-5-3-4-6-24(19)27-20/h2-15H,16-17H2,1H3,(H,28,29,30,31);3-14H,15-16H2,1-2H3,(H,28,29,30,31). The number of ether oxygens (including phenoxy) is 4. The first-order chi connectivity index (χ1) is 33.3. The SMILES string of the molecule is CC(=O)N(Cc1ccc(-c2nn[nH]n2)cc1)c1cccc(OCc2ccc3ccccc3n2)c1.COc1cc(COc2cc(C)cc(OCc3ccc4ccccc4n3)c2)ccc1-c1nn[nH]n1. The predicted molar refractivity (Wildman–Crippen MR) is 257 cm³/mol. The number of tetrazole rings is 2. The van der Waals surface area contributed by atoms with Gasteiger partial charge >= 0.3 is 0 Å². The maximum Gasteiger partial charge on any atom is 0.224 e. The summed E-state index contributed by atoms with van der Waals surface area (Å²) >= 11 is 0. The van der Waals surface area contributed by atoms with Crippen LogP contribution < -0.4 is 23.8 Å². The van der Waals surface area contributed by atoms with Crippen molar-refractivity contribution in [1.29, 1.82) is 0 Å². The Kier molecular flexibility index (Phi) is 13.5. The number of aromatic amines is 2. The van der Waals surface area contributed by atoms with Gasteiger partial charge in [-0.05, 0) is 94.7 Å². The molecule has 4 aromatic heterocycles. The Morgan fingerprint density at radius 3 is 1.79 bits per heavy atom. The molecule has 0 bridgehead atoms. The molecule has 0 saturated heterocycles. The Balaban J connectivity index is 0.000000170. The largest absolute Gasteiger partial charge is 0.496 e. The Labute approximate surface area is 390 Å².